The van der Waals surface area contributed by atoms with E-state index in [0.29, 0.717) is 18.6 Å². The molecule has 2 N–H and O–H groups in total. The molecular weight excluding hydrogens is 274 g/mol. The summed E-state index contributed by atoms with van der Waals surface area (Å²) in [5.41, 5.74) is 0.971. The summed E-state index contributed by atoms with van der Waals surface area (Å²) >= 11 is 0. The van der Waals surface area contributed by atoms with Crippen molar-refractivity contribution in [2.24, 2.45) is 0 Å². The lowest BCUT2D eigenvalue weighted by Gasteiger charge is -2.32. The summed E-state index contributed by atoms with van der Waals surface area (Å²) < 4.78 is 0. The van der Waals surface area contributed by atoms with Gasteiger partial charge in [0, 0.05) is 24.2 Å². The van der Waals surface area contributed by atoms with Crippen molar-refractivity contribution in [3.8, 4) is 11.8 Å². The maximum atomic E-state index is 12.0. The van der Waals surface area contributed by atoms with Crippen LogP contribution in [0.4, 0.5) is 4.79 Å². The highest BCUT2D eigenvalue weighted by Crippen LogP contribution is 2.26. The Labute approximate surface area is 132 Å². The molecule has 22 heavy (non-hydrogen) atoms. The van der Waals surface area contributed by atoms with E-state index in [4.69, 9.17) is 0 Å². The van der Waals surface area contributed by atoms with E-state index in [1.54, 1.807) is 0 Å². The lowest BCUT2D eigenvalue weighted by atomic mass is 9.99. The summed E-state index contributed by atoms with van der Waals surface area (Å²) in [4.78, 5) is 14.5. The van der Waals surface area contributed by atoms with Crippen molar-refractivity contribution in [1.29, 1.82) is 0 Å². The molecule has 0 radical (unpaired) electrons. The third-order valence-electron chi connectivity index (χ3n) is 4.52. The first-order chi connectivity index (χ1) is 10.8. The average molecular weight is 297 g/mol. The van der Waals surface area contributed by atoms with Gasteiger partial charge in [-0.05, 0) is 37.9 Å². The lowest BCUT2D eigenvalue weighted by molar-refractivity contribution is 0.179. The van der Waals surface area contributed by atoms with E-state index in [1.165, 1.54) is 25.8 Å². The molecule has 0 spiro atoms. The first-order valence-corrected chi connectivity index (χ1v) is 8.15. The van der Waals surface area contributed by atoms with E-state index in [1.807, 2.05) is 30.3 Å². The Hall–Kier alpha value is -1.99. The molecule has 2 amide bonds. The van der Waals surface area contributed by atoms with Crippen molar-refractivity contribution >= 4 is 6.03 Å². The van der Waals surface area contributed by atoms with Gasteiger partial charge < -0.3 is 10.6 Å². The van der Waals surface area contributed by atoms with Gasteiger partial charge in [0.2, 0.25) is 0 Å². The zero-order valence-electron chi connectivity index (χ0n) is 12.8. The van der Waals surface area contributed by atoms with Crippen molar-refractivity contribution in [3.05, 3.63) is 35.9 Å². The molecule has 1 aromatic rings. The Morgan fingerprint density at radius 3 is 2.91 bits per heavy atom. The molecule has 2 aliphatic heterocycles. The zero-order valence-corrected chi connectivity index (χ0v) is 12.8. The minimum absolute atomic E-state index is 0.0974. The van der Waals surface area contributed by atoms with Gasteiger partial charge in [-0.1, -0.05) is 36.5 Å². The first-order valence-electron chi connectivity index (χ1n) is 8.15. The van der Waals surface area contributed by atoms with Gasteiger partial charge >= 0.3 is 6.03 Å². The average Bonchev–Trinajstić information content (AvgIpc) is 2.96. The van der Waals surface area contributed by atoms with Crippen LogP contribution in [-0.4, -0.2) is 42.6 Å². The quantitative estimate of drug-likeness (QED) is 0.820. The molecule has 2 saturated heterocycles. The number of carbonyl (C=O) groups excluding carboxylic acids is 1. The Balaban J connectivity index is 1.42. The number of hydrogen-bond acceptors (Lipinski definition) is 2. The summed E-state index contributed by atoms with van der Waals surface area (Å²) in [7, 11) is 0. The third-order valence-corrected chi connectivity index (χ3v) is 4.52. The van der Waals surface area contributed by atoms with E-state index in [9.17, 15) is 4.79 Å². The number of benzene rings is 1. The standard InChI is InChI=1S/C18H23N3O/c22-18(19-12-6-9-15-7-2-1-3-8-15)20-16-11-14-21-13-5-4-10-17(16)21/h1-3,7-8,16-17H,4-5,10-14H2,(H2,19,20,22)/t16-,17-/m0/s1. The van der Waals surface area contributed by atoms with E-state index in [-0.39, 0.29) is 6.03 Å². The topological polar surface area (TPSA) is 44.4 Å². The van der Waals surface area contributed by atoms with Gasteiger partial charge in [0.05, 0.1) is 6.54 Å². The van der Waals surface area contributed by atoms with Crippen molar-refractivity contribution in [1.82, 2.24) is 15.5 Å². The first kappa shape index (κ1) is 14.9. The van der Waals surface area contributed by atoms with Gasteiger partial charge in [0.15, 0.2) is 0 Å². The van der Waals surface area contributed by atoms with Gasteiger partial charge in [0.25, 0.3) is 0 Å². The van der Waals surface area contributed by atoms with Gasteiger partial charge in [-0.25, -0.2) is 4.79 Å². The molecule has 0 aliphatic carbocycles. The largest absolute Gasteiger partial charge is 0.334 e. The highest BCUT2D eigenvalue weighted by molar-refractivity contribution is 5.74. The van der Waals surface area contributed by atoms with Crippen LogP contribution in [0.25, 0.3) is 0 Å². The fourth-order valence-electron chi connectivity index (χ4n) is 3.43. The third kappa shape index (κ3) is 3.80. The number of hydrogen-bond donors (Lipinski definition) is 2. The molecule has 1 aromatic carbocycles. The maximum absolute atomic E-state index is 12.0. The van der Waals surface area contributed by atoms with Gasteiger partial charge in [-0.3, -0.25) is 4.90 Å². The lowest BCUT2D eigenvalue weighted by Crippen LogP contribution is -2.49. The van der Waals surface area contributed by atoms with E-state index >= 15 is 0 Å². The molecule has 2 aliphatic rings. The fourth-order valence-corrected chi connectivity index (χ4v) is 3.43. The second kappa shape index (κ2) is 7.33. The summed E-state index contributed by atoms with van der Waals surface area (Å²) in [5, 5.41) is 5.95. The van der Waals surface area contributed by atoms with Gasteiger partial charge in [-0.15, -0.1) is 0 Å². The van der Waals surface area contributed by atoms with Crippen LogP contribution in [0.3, 0.4) is 0 Å². The van der Waals surface area contributed by atoms with Crippen LogP contribution in [0.1, 0.15) is 31.2 Å². The van der Waals surface area contributed by atoms with Crippen molar-refractivity contribution in [2.45, 2.75) is 37.8 Å². The predicted molar refractivity (Wildman–Crippen MR) is 87.5 cm³/mol. The number of piperidine rings is 1. The number of nitrogens with one attached hydrogen (secondary N) is 2. The van der Waals surface area contributed by atoms with Crippen molar-refractivity contribution < 1.29 is 4.79 Å². The number of carbonyl (C=O) groups is 1. The summed E-state index contributed by atoms with van der Waals surface area (Å²) in [6.45, 7) is 2.68. The number of rotatable bonds is 2. The smallest absolute Gasteiger partial charge is 0.315 e. The molecule has 4 heteroatoms. The monoisotopic (exact) mass is 297 g/mol. The predicted octanol–water partition coefficient (Wildman–Crippen LogP) is 1.96. The number of urea groups is 1. The molecule has 3 rings (SSSR count). The number of amides is 2. The maximum Gasteiger partial charge on any atom is 0.315 e. The van der Waals surface area contributed by atoms with Crippen molar-refractivity contribution in [3.63, 3.8) is 0 Å². The summed E-state index contributed by atoms with van der Waals surface area (Å²) in [6.07, 6.45) is 4.85. The number of fused-ring (bicyclic) bond motifs is 1. The Morgan fingerprint density at radius 1 is 1.18 bits per heavy atom. The van der Waals surface area contributed by atoms with Crippen LogP contribution in [0.2, 0.25) is 0 Å². The van der Waals surface area contributed by atoms with Crippen LogP contribution in [0, 0.1) is 11.8 Å². The molecular formula is C18H23N3O. The SMILES string of the molecule is O=C(NCC#Cc1ccccc1)N[C@H]1CCN2CCCC[C@@H]12. The molecule has 0 bridgehead atoms. The molecule has 2 heterocycles. The number of nitrogens with zero attached hydrogens (tertiary/aromatic N) is 1. The normalized spacial score (nSPS) is 24.0. The van der Waals surface area contributed by atoms with Crippen molar-refractivity contribution in [2.75, 3.05) is 19.6 Å². The molecule has 2 fully saturated rings. The van der Waals surface area contributed by atoms with Crippen LogP contribution in [0.15, 0.2) is 30.3 Å². The fraction of sp³-hybridized carbons (Fsp3) is 0.500. The minimum Gasteiger partial charge on any atom is -0.334 e. The molecule has 2 atom stereocenters. The van der Waals surface area contributed by atoms with Crippen LogP contribution >= 0.6 is 0 Å². The molecule has 0 aromatic heterocycles. The van der Waals surface area contributed by atoms with Gasteiger partial charge in [-0.2, -0.15) is 0 Å². The molecule has 116 valence electrons. The van der Waals surface area contributed by atoms with Gasteiger partial charge in [0.1, 0.15) is 0 Å². The minimum atomic E-state index is -0.0974. The van der Waals surface area contributed by atoms with E-state index in [0.717, 1.165) is 18.5 Å². The molecule has 0 saturated carbocycles. The Morgan fingerprint density at radius 2 is 2.05 bits per heavy atom. The van der Waals surface area contributed by atoms with Crippen LogP contribution in [-0.2, 0) is 0 Å². The van der Waals surface area contributed by atoms with E-state index in [2.05, 4.69) is 27.4 Å². The highest BCUT2D eigenvalue weighted by Gasteiger charge is 2.36. The molecule has 0 unspecified atom stereocenters. The Kier molecular flexibility index (Phi) is 4.97. The second-order valence-corrected chi connectivity index (χ2v) is 5.99. The summed E-state index contributed by atoms with van der Waals surface area (Å²) in [6, 6.07) is 10.5. The zero-order chi connectivity index (χ0) is 15.2. The molecule has 4 nitrogen and oxygen atoms in total. The Bertz CT molecular complexity index is 561. The van der Waals surface area contributed by atoms with Crippen LogP contribution < -0.4 is 10.6 Å². The van der Waals surface area contributed by atoms with Crippen LogP contribution in [0.5, 0.6) is 0 Å². The van der Waals surface area contributed by atoms with E-state index < -0.39 is 0 Å². The summed E-state index contributed by atoms with van der Waals surface area (Å²) in [5.74, 6) is 6.02. The second-order valence-electron chi connectivity index (χ2n) is 5.99. The highest BCUT2D eigenvalue weighted by atomic mass is 16.2.